The highest BCUT2D eigenvalue weighted by Gasteiger charge is 2.33. The molecule has 0 aromatic carbocycles. The Kier molecular flexibility index (Phi) is 0.981. The quantitative estimate of drug-likeness (QED) is 0.381. The Bertz CT molecular complexity index is 169. The lowest BCUT2D eigenvalue weighted by atomic mass is 9.94. The molecule has 0 heterocycles. The van der Waals surface area contributed by atoms with Crippen molar-refractivity contribution >= 4 is 6.29 Å². The zero-order valence-corrected chi connectivity index (χ0v) is 5.34. The molecule has 0 N–H and O–H groups in total. The van der Waals surface area contributed by atoms with Gasteiger partial charge in [-0.05, 0) is 25.2 Å². The molecule has 1 nitrogen and oxygen atoms in total. The first-order valence-electron chi connectivity index (χ1n) is 3.53. The molecule has 2 atom stereocenters. The molecule has 2 rings (SSSR count). The van der Waals surface area contributed by atoms with Gasteiger partial charge in [-0.2, -0.15) is 0 Å². The van der Waals surface area contributed by atoms with E-state index in [1.807, 2.05) is 0 Å². The molecule has 0 aromatic rings. The van der Waals surface area contributed by atoms with E-state index in [9.17, 15) is 4.79 Å². The van der Waals surface area contributed by atoms with E-state index in [0.717, 1.165) is 12.7 Å². The van der Waals surface area contributed by atoms with Crippen LogP contribution < -0.4 is 0 Å². The minimum atomic E-state index is 0.380. The Morgan fingerprint density at radius 1 is 1.56 bits per heavy atom. The van der Waals surface area contributed by atoms with Crippen LogP contribution in [0.1, 0.15) is 19.3 Å². The van der Waals surface area contributed by atoms with Crippen molar-refractivity contribution in [2.24, 2.45) is 11.8 Å². The van der Waals surface area contributed by atoms with Crippen molar-refractivity contribution in [3.63, 3.8) is 0 Å². The van der Waals surface area contributed by atoms with Gasteiger partial charge < -0.3 is 4.79 Å². The highest BCUT2D eigenvalue weighted by molar-refractivity contribution is 5.57. The average molecular weight is 122 g/mol. The van der Waals surface area contributed by atoms with Crippen LogP contribution in [0.2, 0.25) is 0 Å². The van der Waals surface area contributed by atoms with E-state index in [1.54, 1.807) is 0 Å². The van der Waals surface area contributed by atoms with E-state index >= 15 is 0 Å². The lowest BCUT2D eigenvalue weighted by molar-refractivity contribution is -0.111. The van der Waals surface area contributed by atoms with Gasteiger partial charge in [-0.3, -0.25) is 0 Å². The van der Waals surface area contributed by atoms with Gasteiger partial charge in [-0.25, -0.2) is 0 Å². The molecule has 1 fully saturated rings. The van der Waals surface area contributed by atoms with Crippen LogP contribution in [0.3, 0.4) is 0 Å². The number of allylic oxidation sites excluding steroid dienone is 2. The second-order valence-corrected chi connectivity index (χ2v) is 3.07. The lowest BCUT2D eigenvalue weighted by Crippen LogP contribution is -2.08. The molecular weight excluding hydrogens is 112 g/mol. The summed E-state index contributed by atoms with van der Waals surface area (Å²) in [5, 5.41) is 0. The van der Waals surface area contributed by atoms with Gasteiger partial charge in [-0.15, -0.1) is 0 Å². The zero-order chi connectivity index (χ0) is 6.27. The summed E-state index contributed by atoms with van der Waals surface area (Å²) in [5.41, 5.74) is 1.53. The smallest absolute Gasteiger partial charge is 0.123 e. The number of hydrogen-bond donors (Lipinski definition) is 0. The summed E-state index contributed by atoms with van der Waals surface area (Å²) < 4.78 is 0. The van der Waals surface area contributed by atoms with Crippen molar-refractivity contribution in [2.45, 2.75) is 19.3 Å². The van der Waals surface area contributed by atoms with Crippen LogP contribution in [0.5, 0.6) is 0 Å². The van der Waals surface area contributed by atoms with E-state index in [0.29, 0.717) is 11.8 Å². The number of aldehydes is 1. The van der Waals surface area contributed by atoms with Crippen molar-refractivity contribution in [1.82, 2.24) is 0 Å². The first kappa shape index (κ1) is 5.21. The van der Waals surface area contributed by atoms with Crippen LogP contribution in [0, 0.1) is 11.8 Å². The topological polar surface area (TPSA) is 17.1 Å². The van der Waals surface area contributed by atoms with Crippen LogP contribution in [-0.4, -0.2) is 6.29 Å². The molecule has 9 heavy (non-hydrogen) atoms. The van der Waals surface area contributed by atoms with Crippen LogP contribution in [0.25, 0.3) is 0 Å². The molecule has 0 amide bonds. The van der Waals surface area contributed by atoms with Gasteiger partial charge in [0.2, 0.25) is 0 Å². The summed E-state index contributed by atoms with van der Waals surface area (Å²) in [5.74, 6) is 1.07. The Labute approximate surface area is 54.8 Å². The molecule has 0 radical (unpaired) electrons. The fraction of sp³-hybridized carbons (Fsp3) is 0.625. The summed E-state index contributed by atoms with van der Waals surface area (Å²) in [6, 6.07) is 0. The molecule has 2 aliphatic carbocycles. The third-order valence-electron chi connectivity index (χ3n) is 2.51. The van der Waals surface area contributed by atoms with Crippen molar-refractivity contribution in [2.75, 3.05) is 0 Å². The van der Waals surface area contributed by atoms with Crippen molar-refractivity contribution < 1.29 is 4.79 Å². The van der Waals surface area contributed by atoms with E-state index in [2.05, 4.69) is 6.08 Å². The molecule has 0 saturated heterocycles. The summed E-state index contributed by atoms with van der Waals surface area (Å²) in [4.78, 5) is 10.4. The predicted octanol–water partition coefficient (Wildman–Crippen LogP) is 1.54. The van der Waals surface area contributed by atoms with Gasteiger partial charge in [0.15, 0.2) is 0 Å². The normalized spacial score (nSPS) is 38.9. The number of fused-ring (bicyclic) bond motifs is 2. The number of carbonyl (C=O) groups is 1. The maximum Gasteiger partial charge on any atom is 0.123 e. The third kappa shape index (κ3) is 0.640. The SMILES string of the molecule is O=CC1CC2=CCC1C2. The average Bonchev–Trinajstić information content (AvgIpc) is 2.45. The summed E-state index contributed by atoms with van der Waals surface area (Å²) in [7, 11) is 0. The molecule has 0 aromatic heterocycles. The molecule has 1 saturated carbocycles. The number of rotatable bonds is 1. The minimum Gasteiger partial charge on any atom is -0.303 e. The van der Waals surface area contributed by atoms with E-state index in [1.165, 1.54) is 18.4 Å². The first-order chi connectivity index (χ1) is 4.40. The van der Waals surface area contributed by atoms with Gasteiger partial charge in [0, 0.05) is 5.92 Å². The second kappa shape index (κ2) is 1.69. The lowest BCUT2D eigenvalue weighted by Gasteiger charge is -2.09. The third-order valence-corrected chi connectivity index (χ3v) is 2.51. The zero-order valence-electron chi connectivity index (χ0n) is 5.34. The van der Waals surface area contributed by atoms with Gasteiger partial charge in [-0.1, -0.05) is 11.6 Å². The molecule has 2 aliphatic rings. The van der Waals surface area contributed by atoms with E-state index in [-0.39, 0.29) is 0 Å². The Hall–Kier alpha value is -0.590. The molecule has 2 bridgehead atoms. The summed E-state index contributed by atoms with van der Waals surface area (Å²) in [6.07, 6.45) is 6.87. The maximum absolute atomic E-state index is 10.4. The Balaban J connectivity index is 2.20. The molecule has 48 valence electrons. The Morgan fingerprint density at radius 3 is 2.78 bits per heavy atom. The summed E-state index contributed by atoms with van der Waals surface area (Å²) >= 11 is 0. The molecule has 0 spiro atoms. The van der Waals surface area contributed by atoms with E-state index in [4.69, 9.17) is 0 Å². The largest absolute Gasteiger partial charge is 0.303 e. The van der Waals surface area contributed by atoms with Crippen molar-refractivity contribution in [1.29, 1.82) is 0 Å². The molecule has 0 aliphatic heterocycles. The first-order valence-corrected chi connectivity index (χ1v) is 3.53. The van der Waals surface area contributed by atoms with Gasteiger partial charge in [0.1, 0.15) is 6.29 Å². The highest BCUT2D eigenvalue weighted by atomic mass is 16.1. The predicted molar refractivity (Wildman–Crippen MR) is 35.0 cm³/mol. The summed E-state index contributed by atoms with van der Waals surface area (Å²) in [6.45, 7) is 0. The van der Waals surface area contributed by atoms with Crippen LogP contribution in [0.4, 0.5) is 0 Å². The number of hydrogen-bond acceptors (Lipinski definition) is 1. The van der Waals surface area contributed by atoms with Crippen LogP contribution in [0.15, 0.2) is 11.6 Å². The van der Waals surface area contributed by atoms with Gasteiger partial charge in [0.05, 0.1) is 0 Å². The van der Waals surface area contributed by atoms with Gasteiger partial charge >= 0.3 is 0 Å². The molecular formula is C8H10O. The molecule has 1 heteroatoms. The fourth-order valence-electron chi connectivity index (χ4n) is 1.94. The second-order valence-electron chi connectivity index (χ2n) is 3.07. The van der Waals surface area contributed by atoms with Crippen LogP contribution >= 0.6 is 0 Å². The standard InChI is InChI=1S/C8H10O/c9-5-8-4-6-1-2-7(8)3-6/h1,5,7-8H,2-4H2. The maximum atomic E-state index is 10.4. The van der Waals surface area contributed by atoms with Gasteiger partial charge in [0.25, 0.3) is 0 Å². The van der Waals surface area contributed by atoms with E-state index < -0.39 is 0 Å². The fourth-order valence-corrected chi connectivity index (χ4v) is 1.94. The van der Waals surface area contributed by atoms with Crippen molar-refractivity contribution in [3.8, 4) is 0 Å². The highest BCUT2D eigenvalue weighted by Crippen LogP contribution is 2.42. The molecule has 2 unspecified atom stereocenters. The monoisotopic (exact) mass is 122 g/mol. The minimum absolute atomic E-state index is 0.380. The Morgan fingerprint density at radius 2 is 2.44 bits per heavy atom. The van der Waals surface area contributed by atoms with Crippen LogP contribution in [-0.2, 0) is 4.79 Å². The number of carbonyl (C=O) groups excluding carboxylic acids is 1. The van der Waals surface area contributed by atoms with Crippen molar-refractivity contribution in [3.05, 3.63) is 11.6 Å².